The van der Waals surface area contributed by atoms with Gasteiger partial charge in [0, 0.05) is 24.9 Å². The molecule has 34 heavy (non-hydrogen) atoms. The molecular weight excluding hydrogens is 446 g/mol. The van der Waals surface area contributed by atoms with Gasteiger partial charge in [0.1, 0.15) is 17.1 Å². The highest BCUT2D eigenvalue weighted by atomic mass is 16.7. The smallest absolute Gasteiger partial charge is 0.407 e. The van der Waals surface area contributed by atoms with Crippen LogP contribution < -0.4 is 20.5 Å². The lowest BCUT2D eigenvalue weighted by molar-refractivity contribution is -0.172. The summed E-state index contributed by atoms with van der Waals surface area (Å²) in [7, 11) is 1.43. The van der Waals surface area contributed by atoms with Crippen molar-refractivity contribution in [2.45, 2.75) is 71.6 Å². The zero-order valence-corrected chi connectivity index (χ0v) is 20.5. The van der Waals surface area contributed by atoms with Gasteiger partial charge in [0.2, 0.25) is 0 Å². The molecule has 1 saturated heterocycles. The Morgan fingerprint density at radius 1 is 1.06 bits per heavy atom. The Bertz CT molecular complexity index is 931. The fourth-order valence-electron chi connectivity index (χ4n) is 3.10. The van der Waals surface area contributed by atoms with E-state index < -0.39 is 35.2 Å². The molecule has 11 nitrogen and oxygen atoms in total. The number of benzene rings is 1. The van der Waals surface area contributed by atoms with Gasteiger partial charge in [0.05, 0.1) is 12.7 Å². The highest BCUT2D eigenvalue weighted by Crippen LogP contribution is 2.34. The zero-order valence-electron chi connectivity index (χ0n) is 20.5. The van der Waals surface area contributed by atoms with E-state index in [1.165, 1.54) is 19.2 Å². The lowest BCUT2D eigenvalue weighted by Gasteiger charge is -2.25. The van der Waals surface area contributed by atoms with Gasteiger partial charge in [-0.1, -0.05) is 0 Å². The molecule has 1 fully saturated rings. The van der Waals surface area contributed by atoms with Crippen LogP contribution in [0.2, 0.25) is 0 Å². The quantitative estimate of drug-likeness (QED) is 0.310. The molecule has 188 valence electrons. The first kappa shape index (κ1) is 26.9. The largest absolute Gasteiger partial charge is 0.496 e. The second-order valence-corrected chi connectivity index (χ2v) is 9.35. The number of ether oxygens (including phenoxy) is 3. The van der Waals surface area contributed by atoms with Gasteiger partial charge >= 0.3 is 12.1 Å². The number of alkyl carbamates (subject to hydrolysis) is 1. The maximum absolute atomic E-state index is 12.7. The predicted molar refractivity (Wildman–Crippen MR) is 121 cm³/mol. The predicted octanol–water partition coefficient (Wildman–Crippen LogP) is 2.45. The molecule has 0 radical (unpaired) electrons. The van der Waals surface area contributed by atoms with Crippen molar-refractivity contribution in [3.8, 4) is 11.5 Å². The molecule has 1 heterocycles. The Morgan fingerprint density at radius 3 is 2.18 bits per heavy atom. The normalized spacial score (nSPS) is 14.1. The SMILES string of the molecule is COc1cc(C(=O)ON2C(=O)CCC2=O)cc(OC(C)(C)N)c1CCCNC(=O)OC(C)(C)C. The number of imide groups is 1. The first-order valence-corrected chi connectivity index (χ1v) is 10.9. The first-order chi connectivity index (χ1) is 15.7. The van der Waals surface area contributed by atoms with E-state index in [2.05, 4.69) is 5.32 Å². The summed E-state index contributed by atoms with van der Waals surface area (Å²) < 4.78 is 16.5. The van der Waals surface area contributed by atoms with Crippen LogP contribution in [-0.4, -0.2) is 53.9 Å². The van der Waals surface area contributed by atoms with Crippen molar-refractivity contribution in [2.75, 3.05) is 13.7 Å². The average Bonchev–Trinajstić information content (AvgIpc) is 3.01. The Kier molecular flexibility index (Phi) is 8.49. The lowest BCUT2D eigenvalue weighted by Crippen LogP contribution is -2.39. The number of amides is 3. The Balaban J connectivity index is 2.21. The summed E-state index contributed by atoms with van der Waals surface area (Å²) in [6, 6.07) is 2.85. The zero-order chi connectivity index (χ0) is 25.7. The molecule has 0 aliphatic carbocycles. The van der Waals surface area contributed by atoms with Crippen molar-refractivity contribution in [1.82, 2.24) is 10.4 Å². The van der Waals surface area contributed by atoms with Gasteiger partial charge in [-0.05, 0) is 59.6 Å². The molecule has 1 aliphatic heterocycles. The standard InChI is InChI=1S/C23H33N3O8/c1-22(2,3)33-21(30)25-11-7-8-15-16(31-6)12-14(13-17(15)32-23(4,5)24)20(29)34-26-18(27)9-10-19(26)28/h12-13H,7-11,24H2,1-6H3,(H,25,30). The van der Waals surface area contributed by atoms with Gasteiger partial charge in [-0.3, -0.25) is 15.3 Å². The number of hydroxylamine groups is 2. The van der Waals surface area contributed by atoms with Gasteiger partial charge in [0.25, 0.3) is 11.8 Å². The van der Waals surface area contributed by atoms with Crippen molar-refractivity contribution >= 4 is 23.9 Å². The van der Waals surface area contributed by atoms with E-state index in [1.54, 1.807) is 34.6 Å². The molecule has 2 rings (SSSR count). The van der Waals surface area contributed by atoms with Crippen molar-refractivity contribution in [2.24, 2.45) is 5.73 Å². The molecule has 3 amide bonds. The fraction of sp³-hybridized carbons (Fsp3) is 0.565. The van der Waals surface area contributed by atoms with Crippen LogP contribution in [0.1, 0.15) is 69.8 Å². The van der Waals surface area contributed by atoms with Crippen LogP contribution >= 0.6 is 0 Å². The number of methoxy groups -OCH3 is 1. The molecule has 0 saturated carbocycles. The minimum atomic E-state index is -1.09. The maximum Gasteiger partial charge on any atom is 0.407 e. The molecule has 3 N–H and O–H groups in total. The number of nitrogens with one attached hydrogen (secondary N) is 1. The summed E-state index contributed by atoms with van der Waals surface area (Å²) in [5.41, 5.74) is 4.97. The molecular formula is C23H33N3O8. The monoisotopic (exact) mass is 479 g/mol. The van der Waals surface area contributed by atoms with Crippen molar-refractivity contribution in [1.29, 1.82) is 0 Å². The second kappa shape index (κ2) is 10.7. The third kappa shape index (κ3) is 7.91. The van der Waals surface area contributed by atoms with Gasteiger partial charge in [-0.2, -0.15) is 0 Å². The minimum absolute atomic E-state index is 0.0125. The molecule has 11 heteroatoms. The van der Waals surface area contributed by atoms with Crippen LogP contribution in [0.4, 0.5) is 4.79 Å². The summed E-state index contributed by atoms with van der Waals surface area (Å²) >= 11 is 0. The maximum atomic E-state index is 12.7. The van der Waals surface area contributed by atoms with Gasteiger partial charge in [-0.25, -0.2) is 9.59 Å². The van der Waals surface area contributed by atoms with Crippen LogP contribution in [0.3, 0.4) is 0 Å². The van der Waals surface area contributed by atoms with E-state index in [9.17, 15) is 19.2 Å². The van der Waals surface area contributed by atoms with Crippen molar-refractivity contribution in [3.63, 3.8) is 0 Å². The lowest BCUT2D eigenvalue weighted by atomic mass is 10.0. The summed E-state index contributed by atoms with van der Waals surface area (Å²) in [6.45, 7) is 8.93. The minimum Gasteiger partial charge on any atom is -0.496 e. The third-order valence-corrected chi connectivity index (χ3v) is 4.45. The van der Waals surface area contributed by atoms with E-state index in [-0.39, 0.29) is 24.2 Å². The summed E-state index contributed by atoms with van der Waals surface area (Å²) in [6.07, 6.45) is 0.381. The fourth-order valence-corrected chi connectivity index (χ4v) is 3.10. The number of hydrogen-bond acceptors (Lipinski definition) is 9. The van der Waals surface area contributed by atoms with Gasteiger partial charge in [0.15, 0.2) is 5.72 Å². The van der Waals surface area contributed by atoms with Crippen molar-refractivity contribution < 1.29 is 38.2 Å². The van der Waals surface area contributed by atoms with E-state index in [1.807, 2.05) is 0 Å². The number of nitrogens with two attached hydrogens (primary N) is 1. The van der Waals surface area contributed by atoms with E-state index in [0.717, 1.165) is 0 Å². The molecule has 0 aromatic heterocycles. The topological polar surface area (TPSA) is 146 Å². The van der Waals surface area contributed by atoms with Crippen LogP contribution in [0.15, 0.2) is 12.1 Å². The van der Waals surface area contributed by atoms with Crippen molar-refractivity contribution in [3.05, 3.63) is 23.3 Å². The van der Waals surface area contributed by atoms with E-state index >= 15 is 0 Å². The Morgan fingerprint density at radius 2 is 1.65 bits per heavy atom. The number of carbonyl (C=O) groups is 4. The molecule has 1 aromatic carbocycles. The average molecular weight is 480 g/mol. The Hall–Kier alpha value is -3.34. The van der Waals surface area contributed by atoms with Crippen LogP contribution in [-0.2, 0) is 25.6 Å². The molecule has 0 atom stereocenters. The first-order valence-electron chi connectivity index (χ1n) is 10.9. The second-order valence-electron chi connectivity index (χ2n) is 9.35. The number of hydrogen-bond donors (Lipinski definition) is 2. The van der Waals surface area contributed by atoms with Gasteiger partial charge in [-0.15, -0.1) is 5.06 Å². The highest BCUT2D eigenvalue weighted by Gasteiger charge is 2.33. The molecule has 0 spiro atoms. The van der Waals surface area contributed by atoms with Crippen LogP contribution in [0, 0.1) is 0 Å². The summed E-state index contributed by atoms with van der Waals surface area (Å²) in [4.78, 5) is 53.1. The molecule has 1 aromatic rings. The van der Waals surface area contributed by atoms with E-state index in [0.29, 0.717) is 35.8 Å². The molecule has 0 bridgehead atoms. The summed E-state index contributed by atoms with van der Waals surface area (Å²) in [5.74, 6) is -1.49. The number of rotatable bonds is 9. The van der Waals surface area contributed by atoms with Crippen LogP contribution in [0.5, 0.6) is 11.5 Å². The van der Waals surface area contributed by atoms with Gasteiger partial charge < -0.3 is 24.4 Å². The third-order valence-electron chi connectivity index (χ3n) is 4.45. The number of nitrogens with zero attached hydrogens (tertiary/aromatic N) is 1. The number of carbonyl (C=O) groups excluding carboxylic acids is 4. The Labute approximate surface area is 198 Å². The van der Waals surface area contributed by atoms with Crippen LogP contribution in [0.25, 0.3) is 0 Å². The molecule has 0 unspecified atom stereocenters. The van der Waals surface area contributed by atoms with E-state index in [4.69, 9.17) is 24.8 Å². The summed E-state index contributed by atoms with van der Waals surface area (Å²) in [5, 5.41) is 3.15. The molecule has 1 aliphatic rings. The highest BCUT2D eigenvalue weighted by molar-refractivity contribution is 6.02.